The summed E-state index contributed by atoms with van der Waals surface area (Å²) < 4.78 is 0. The minimum atomic E-state index is -0.180. The van der Waals surface area contributed by atoms with Crippen molar-refractivity contribution in [3.63, 3.8) is 0 Å². The van der Waals surface area contributed by atoms with Crippen LogP contribution in [-0.4, -0.2) is 29.1 Å². The monoisotopic (exact) mass is 277 g/mol. The lowest BCUT2D eigenvalue weighted by atomic mass is 10.2. The Morgan fingerprint density at radius 1 is 1.32 bits per heavy atom. The van der Waals surface area contributed by atoms with Crippen LogP contribution in [-0.2, 0) is 6.54 Å². The van der Waals surface area contributed by atoms with E-state index < -0.39 is 0 Å². The van der Waals surface area contributed by atoms with Crippen molar-refractivity contribution in [1.82, 2.24) is 10.3 Å². The van der Waals surface area contributed by atoms with Crippen molar-refractivity contribution in [3.8, 4) is 0 Å². The fourth-order valence-corrected chi connectivity index (χ4v) is 2.09. The molecule has 1 amide bonds. The van der Waals surface area contributed by atoms with Gasteiger partial charge in [-0.1, -0.05) is 0 Å². The second-order valence-electron chi connectivity index (χ2n) is 3.89. The number of rotatable bonds is 6. The van der Waals surface area contributed by atoms with Crippen LogP contribution in [0.4, 0.5) is 5.69 Å². The Balaban J connectivity index is 1.89. The molecule has 2 aromatic rings. The average Bonchev–Trinajstić information content (AvgIpc) is 2.96. The van der Waals surface area contributed by atoms with Crippen LogP contribution in [0.5, 0.6) is 0 Å². The third kappa shape index (κ3) is 4.04. The van der Waals surface area contributed by atoms with Crippen molar-refractivity contribution < 1.29 is 9.90 Å². The Labute approximate surface area is 115 Å². The highest BCUT2D eigenvalue weighted by atomic mass is 32.1. The van der Waals surface area contributed by atoms with Gasteiger partial charge < -0.3 is 15.7 Å². The molecule has 0 unspecified atom stereocenters. The first-order valence-electron chi connectivity index (χ1n) is 5.89. The SMILES string of the molecule is O=C(NCCO)c1ccc(NCc2cscn2)cc1. The van der Waals surface area contributed by atoms with E-state index >= 15 is 0 Å². The molecule has 1 aromatic heterocycles. The van der Waals surface area contributed by atoms with Crippen molar-refractivity contribution >= 4 is 22.9 Å². The van der Waals surface area contributed by atoms with Gasteiger partial charge in [-0.15, -0.1) is 11.3 Å². The molecule has 0 fully saturated rings. The minimum absolute atomic E-state index is 0.0565. The van der Waals surface area contributed by atoms with E-state index in [0.717, 1.165) is 11.4 Å². The third-order valence-corrected chi connectivity index (χ3v) is 3.14. The lowest BCUT2D eigenvalue weighted by Gasteiger charge is -2.06. The molecule has 0 aliphatic heterocycles. The maximum atomic E-state index is 11.6. The molecule has 0 saturated carbocycles. The zero-order valence-electron chi connectivity index (χ0n) is 10.3. The summed E-state index contributed by atoms with van der Waals surface area (Å²) in [5.41, 5.74) is 4.31. The normalized spacial score (nSPS) is 10.2. The van der Waals surface area contributed by atoms with Gasteiger partial charge in [0.2, 0.25) is 0 Å². The highest BCUT2D eigenvalue weighted by Gasteiger charge is 2.04. The minimum Gasteiger partial charge on any atom is -0.395 e. The van der Waals surface area contributed by atoms with Gasteiger partial charge in [0.25, 0.3) is 5.91 Å². The molecule has 2 rings (SSSR count). The molecule has 0 spiro atoms. The number of carbonyl (C=O) groups is 1. The summed E-state index contributed by atoms with van der Waals surface area (Å²) in [5.74, 6) is -0.180. The summed E-state index contributed by atoms with van der Waals surface area (Å²) in [6, 6.07) is 7.19. The number of carbonyl (C=O) groups excluding carboxylic acids is 1. The number of nitrogens with one attached hydrogen (secondary N) is 2. The number of nitrogens with zero attached hydrogens (tertiary/aromatic N) is 1. The fourth-order valence-electron chi connectivity index (χ4n) is 1.53. The largest absolute Gasteiger partial charge is 0.395 e. The Hall–Kier alpha value is -1.92. The summed E-state index contributed by atoms with van der Waals surface area (Å²) in [6.07, 6.45) is 0. The number of amides is 1. The Morgan fingerprint density at radius 3 is 2.74 bits per heavy atom. The van der Waals surface area contributed by atoms with Crippen molar-refractivity contribution in [2.24, 2.45) is 0 Å². The number of hydrogen-bond donors (Lipinski definition) is 3. The second kappa shape index (κ2) is 6.86. The van der Waals surface area contributed by atoms with Crippen LogP contribution >= 0.6 is 11.3 Å². The van der Waals surface area contributed by atoms with Crippen molar-refractivity contribution in [1.29, 1.82) is 0 Å². The van der Waals surface area contributed by atoms with E-state index in [1.165, 1.54) is 0 Å². The number of benzene rings is 1. The van der Waals surface area contributed by atoms with Gasteiger partial charge >= 0.3 is 0 Å². The molecule has 0 aliphatic carbocycles. The zero-order valence-corrected chi connectivity index (χ0v) is 11.1. The molecule has 19 heavy (non-hydrogen) atoms. The maximum Gasteiger partial charge on any atom is 0.251 e. The van der Waals surface area contributed by atoms with Gasteiger partial charge in [0.05, 0.1) is 24.4 Å². The first-order valence-corrected chi connectivity index (χ1v) is 6.84. The second-order valence-corrected chi connectivity index (χ2v) is 4.61. The summed E-state index contributed by atoms with van der Waals surface area (Å²) in [7, 11) is 0. The van der Waals surface area contributed by atoms with E-state index in [4.69, 9.17) is 5.11 Å². The number of aliphatic hydroxyl groups is 1. The van der Waals surface area contributed by atoms with Crippen LogP contribution < -0.4 is 10.6 Å². The lowest BCUT2D eigenvalue weighted by Crippen LogP contribution is -2.26. The first-order chi connectivity index (χ1) is 9.29. The van der Waals surface area contributed by atoms with Gasteiger partial charge in [-0.05, 0) is 24.3 Å². The van der Waals surface area contributed by atoms with E-state index in [-0.39, 0.29) is 19.1 Å². The Bertz CT molecular complexity index is 511. The predicted molar refractivity (Wildman–Crippen MR) is 75.3 cm³/mol. The number of aromatic nitrogens is 1. The molecule has 6 heteroatoms. The highest BCUT2D eigenvalue weighted by Crippen LogP contribution is 2.11. The molecular weight excluding hydrogens is 262 g/mol. The Morgan fingerprint density at radius 2 is 2.11 bits per heavy atom. The topological polar surface area (TPSA) is 74.2 Å². The molecule has 5 nitrogen and oxygen atoms in total. The first kappa shape index (κ1) is 13.5. The van der Waals surface area contributed by atoms with Gasteiger partial charge in [-0.3, -0.25) is 4.79 Å². The molecule has 3 N–H and O–H groups in total. The predicted octanol–water partition coefficient (Wildman–Crippen LogP) is 1.48. The van der Waals surface area contributed by atoms with Crippen LogP contribution in [0, 0.1) is 0 Å². The molecule has 100 valence electrons. The number of aliphatic hydroxyl groups excluding tert-OH is 1. The molecule has 0 saturated heterocycles. The average molecular weight is 277 g/mol. The van der Waals surface area contributed by atoms with Gasteiger partial charge in [0, 0.05) is 23.2 Å². The van der Waals surface area contributed by atoms with Crippen molar-refractivity contribution in [2.75, 3.05) is 18.5 Å². The number of anilines is 1. The molecule has 1 aromatic carbocycles. The van der Waals surface area contributed by atoms with Gasteiger partial charge in [0.15, 0.2) is 0 Å². The summed E-state index contributed by atoms with van der Waals surface area (Å²) in [5, 5.41) is 16.5. The van der Waals surface area contributed by atoms with Crippen molar-refractivity contribution in [3.05, 3.63) is 46.4 Å². The smallest absolute Gasteiger partial charge is 0.251 e. The van der Waals surface area contributed by atoms with E-state index in [9.17, 15) is 4.79 Å². The number of thiazole rings is 1. The van der Waals surface area contributed by atoms with Gasteiger partial charge in [-0.2, -0.15) is 0 Å². The quantitative estimate of drug-likeness (QED) is 0.747. The third-order valence-electron chi connectivity index (χ3n) is 2.50. The highest BCUT2D eigenvalue weighted by molar-refractivity contribution is 7.07. The van der Waals surface area contributed by atoms with Crippen LogP contribution in [0.3, 0.4) is 0 Å². The van der Waals surface area contributed by atoms with Crippen LogP contribution in [0.25, 0.3) is 0 Å². The zero-order chi connectivity index (χ0) is 13.5. The Kier molecular flexibility index (Phi) is 4.88. The standard InChI is InChI=1S/C13H15N3O2S/c17-6-5-14-13(18)10-1-3-11(4-2-10)15-7-12-8-19-9-16-12/h1-4,8-9,15,17H,5-7H2,(H,14,18). The fraction of sp³-hybridized carbons (Fsp3) is 0.231. The van der Waals surface area contributed by atoms with Crippen LogP contribution in [0.2, 0.25) is 0 Å². The maximum absolute atomic E-state index is 11.6. The van der Waals surface area contributed by atoms with E-state index in [2.05, 4.69) is 15.6 Å². The summed E-state index contributed by atoms with van der Waals surface area (Å²) >= 11 is 1.56. The van der Waals surface area contributed by atoms with Crippen molar-refractivity contribution in [2.45, 2.75) is 6.54 Å². The lowest BCUT2D eigenvalue weighted by molar-refractivity contribution is 0.0945. The molecule has 0 radical (unpaired) electrons. The van der Waals surface area contributed by atoms with Crippen LogP contribution in [0.1, 0.15) is 16.1 Å². The van der Waals surface area contributed by atoms with Crippen LogP contribution in [0.15, 0.2) is 35.2 Å². The van der Waals surface area contributed by atoms with E-state index in [1.807, 2.05) is 17.5 Å². The number of hydrogen-bond acceptors (Lipinski definition) is 5. The van der Waals surface area contributed by atoms with E-state index in [1.54, 1.807) is 29.0 Å². The molecule has 0 bridgehead atoms. The summed E-state index contributed by atoms with van der Waals surface area (Å²) in [6.45, 7) is 0.876. The van der Waals surface area contributed by atoms with E-state index in [0.29, 0.717) is 12.1 Å². The molecule has 0 atom stereocenters. The molecule has 1 heterocycles. The van der Waals surface area contributed by atoms with Gasteiger partial charge in [-0.25, -0.2) is 4.98 Å². The molecular formula is C13H15N3O2S. The molecule has 0 aliphatic rings. The summed E-state index contributed by atoms with van der Waals surface area (Å²) in [4.78, 5) is 15.8. The van der Waals surface area contributed by atoms with Gasteiger partial charge in [0.1, 0.15) is 0 Å².